The van der Waals surface area contributed by atoms with Crippen LogP contribution in [0, 0.1) is 5.82 Å². The molecule has 2 N–H and O–H groups in total. The fourth-order valence-corrected chi connectivity index (χ4v) is 11.3. The monoisotopic (exact) mass is 428 g/mol. The lowest BCUT2D eigenvalue weighted by atomic mass is 9.86. The summed E-state index contributed by atoms with van der Waals surface area (Å²) in [7, 11) is -2.08. The van der Waals surface area contributed by atoms with Gasteiger partial charge in [-0.1, -0.05) is 59.7 Å². The van der Waals surface area contributed by atoms with Crippen molar-refractivity contribution in [3.8, 4) is 0 Å². The summed E-state index contributed by atoms with van der Waals surface area (Å²) in [6, 6.07) is 10.7. The molecule has 0 radical (unpaired) electrons. The summed E-state index contributed by atoms with van der Waals surface area (Å²) in [6.07, 6.45) is 3.47. The fraction of sp³-hybridized carbons (Fsp3) is 0.560. The van der Waals surface area contributed by atoms with Crippen LogP contribution in [0.1, 0.15) is 89.3 Å². The van der Waals surface area contributed by atoms with Gasteiger partial charge in [0.15, 0.2) is 0 Å². The second-order valence-corrected chi connectivity index (χ2v) is 15.1. The van der Waals surface area contributed by atoms with Crippen LogP contribution in [-0.2, 0) is 4.43 Å². The molecule has 30 heavy (non-hydrogen) atoms. The predicted molar refractivity (Wildman–Crippen MR) is 124 cm³/mol. The van der Waals surface area contributed by atoms with Gasteiger partial charge in [-0.3, -0.25) is 4.98 Å². The van der Waals surface area contributed by atoms with Gasteiger partial charge in [-0.2, -0.15) is 0 Å². The number of hydrogen-bond donors (Lipinski definition) is 1. The van der Waals surface area contributed by atoms with Crippen LogP contribution < -0.4 is 5.73 Å². The van der Waals surface area contributed by atoms with Crippen LogP contribution in [0.15, 0.2) is 42.6 Å². The summed E-state index contributed by atoms with van der Waals surface area (Å²) in [5, 5.41) is 0. The Morgan fingerprint density at radius 3 is 2.27 bits per heavy atom. The highest BCUT2D eigenvalue weighted by molar-refractivity contribution is 6.77. The van der Waals surface area contributed by atoms with Crippen molar-refractivity contribution in [3.63, 3.8) is 0 Å². The van der Waals surface area contributed by atoms with Gasteiger partial charge < -0.3 is 10.2 Å². The number of benzene rings is 1. The Hall–Kier alpha value is -1.56. The van der Waals surface area contributed by atoms with Crippen molar-refractivity contribution in [1.82, 2.24) is 4.98 Å². The van der Waals surface area contributed by atoms with Crippen molar-refractivity contribution in [1.29, 1.82) is 0 Å². The standard InChI is InChI=1S/C25H37FN2OSi/c1-16(2)30(17(3)4,18(5)6)29-23-13-12-21(19-9-7-10-20(26)15-19)24(27)22-11-8-14-28-25(22)23/h7-11,14-18,21,23-24H,12-13,27H2,1-6H3/t21-,23+,24-/m0/s1. The molecular formula is C25H37FN2OSi. The van der Waals surface area contributed by atoms with Crippen molar-refractivity contribution in [2.24, 2.45) is 5.73 Å². The van der Waals surface area contributed by atoms with E-state index in [0.29, 0.717) is 16.6 Å². The van der Waals surface area contributed by atoms with E-state index in [1.807, 2.05) is 18.3 Å². The molecule has 0 fully saturated rings. The Balaban J connectivity index is 2.03. The molecule has 1 aliphatic carbocycles. The fourth-order valence-electron chi connectivity index (χ4n) is 5.73. The largest absolute Gasteiger partial charge is 0.408 e. The Labute approximate surface area is 182 Å². The number of fused-ring (bicyclic) bond motifs is 1. The number of aromatic nitrogens is 1. The van der Waals surface area contributed by atoms with Gasteiger partial charge in [0.2, 0.25) is 8.32 Å². The molecule has 0 amide bonds. The maximum absolute atomic E-state index is 13.9. The Kier molecular flexibility index (Phi) is 7.15. The Morgan fingerprint density at radius 2 is 1.67 bits per heavy atom. The molecule has 1 aromatic carbocycles. The number of nitrogens with zero attached hydrogens (tertiary/aromatic N) is 1. The summed E-state index contributed by atoms with van der Waals surface area (Å²) in [5.41, 5.74) is 11.2. The smallest absolute Gasteiger partial charge is 0.201 e. The number of nitrogens with two attached hydrogens (primary N) is 1. The third kappa shape index (κ3) is 4.25. The molecule has 3 atom stereocenters. The minimum Gasteiger partial charge on any atom is -0.408 e. The summed E-state index contributed by atoms with van der Waals surface area (Å²) in [6.45, 7) is 13.9. The van der Waals surface area contributed by atoms with Crippen molar-refractivity contribution in [2.75, 3.05) is 0 Å². The van der Waals surface area contributed by atoms with Gasteiger partial charge in [0.1, 0.15) is 5.82 Å². The van der Waals surface area contributed by atoms with Crippen LogP contribution in [0.4, 0.5) is 4.39 Å². The summed E-state index contributed by atoms with van der Waals surface area (Å²) < 4.78 is 21.1. The molecule has 1 heterocycles. The van der Waals surface area contributed by atoms with Crippen LogP contribution in [0.2, 0.25) is 16.6 Å². The third-order valence-electron chi connectivity index (χ3n) is 7.04. The zero-order valence-electron chi connectivity index (χ0n) is 19.2. The molecular weight excluding hydrogens is 391 g/mol. The van der Waals surface area contributed by atoms with E-state index >= 15 is 0 Å². The SMILES string of the molecule is CC(C)[Si](O[C@@H]1CC[C@@H](c2cccc(F)c2)[C@H](N)c2cccnc21)(C(C)C)C(C)C. The highest BCUT2D eigenvalue weighted by atomic mass is 28.4. The summed E-state index contributed by atoms with van der Waals surface area (Å²) in [4.78, 5) is 4.76. The highest BCUT2D eigenvalue weighted by Gasteiger charge is 2.48. The summed E-state index contributed by atoms with van der Waals surface area (Å²) >= 11 is 0. The number of rotatable bonds is 6. The number of hydrogen-bond acceptors (Lipinski definition) is 3. The first-order valence-electron chi connectivity index (χ1n) is 11.3. The summed E-state index contributed by atoms with van der Waals surface area (Å²) in [5.74, 6) is -0.167. The highest BCUT2D eigenvalue weighted by Crippen LogP contribution is 2.49. The van der Waals surface area contributed by atoms with Crippen LogP contribution in [0.25, 0.3) is 0 Å². The van der Waals surface area contributed by atoms with Gasteiger partial charge in [-0.25, -0.2) is 4.39 Å². The normalized spacial score (nSPS) is 22.4. The number of halogens is 1. The molecule has 1 aliphatic rings. The van der Waals surface area contributed by atoms with Crippen molar-refractivity contribution < 1.29 is 8.82 Å². The van der Waals surface area contributed by atoms with E-state index < -0.39 is 8.32 Å². The second-order valence-electron chi connectivity index (χ2n) is 9.67. The lowest BCUT2D eigenvalue weighted by molar-refractivity contribution is 0.160. The lowest BCUT2D eigenvalue weighted by Crippen LogP contribution is -2.48. The first-order chi connectivity index (χ1) is 14.2. The number of pyridine rings is 1. The van der Waals surface area contributed by atoms with Gasteiger partial charge in [-0.05, 0) is 58.8 Å². The first kappa shape index (κ1) is 23.1. The minimum atomic E-state index is -2.08. The maximum atomic E-state index is 13.9. The van der Waals surface area contributed by atoms with Crippen LogP contribution >= 0.6 is 0 Å². The zero-order chi connectivity index (χ0) is 22.1. The maximum Gasteiger partial charge on any atom is 0.201 e. The average Bonchev–Trinajstić information content (AvgIpc) is 2.82. The van der Waals surface area contributed by atoms with Crippen molar-refractivity contribution in [2.45, 2.75) is 89.1 Å². The van der Waals surface area contributed by atoms with E-state index in [0.717, 1.165) is 29.7 Å². The topological polar surface area (TPSA) is 48.1 Å². The van der Waals surface area contributed by atoms with Gasteiger partial charge in [0.25, 0.3) is 0 Å². The van der Waals surface area contributed by atoms with Crippen LogP contribution in [0.5, 0.6) is 0 Å². The van der Waals surface area contributed by atoms with E-state index in [4.69, 9.17) is 15.1 Å². The van der Waals surface area contributed by atoms with Gasteiger partial charge in [0.05, 0.1) is 11.8 Å². The molecule has 0 saturated heterocycles. The minimum absolute atomic E-state index is 0.0467. The molecule has 2 aromatic rings. The molecule has 1 aromatic heterocycles. The van der Waals surface area contributed by atoms with Crippen molar-refractivity contribution in [3.05, 3.63) is 65.2 Å². The van der Waals surface area contributed by atoms with Crippen LogP contribution in [0.3, 0.4) is 0 Å². The average molecular weight is 429 g/mol. The van der Waals surface area contributed by atoms with E-state index in [-0.39, 0.29) is 23.9 Å². The molecule has 3 nitrogen and oxygen atoms in total. The van der Waals surface area contributed by atoms with Crippen molar-refractivity contribution >= 4 is 8.32 Å². The van der Waals surface area contributed by atoms with E-state index in [1.54, 1.807) is 12.1 Å². The van der Waals surface area contributed by atoms with Crippen LogP contribution in [-0.4, -0.2) is 13.3 Å². The Morgan fingerprint density at radius 1 is 1.00 bits per heavy atom. The molecule has 0 unspecified atom stereocenters. The molecule has 0 saturated carbocycles. The molecule has 0 bridgehead atoms. The zero-order valence-corrected chi connectivity index (χ0v) is 20.2. The van der Waals surface area contributed by atoms with Gasteiger partial charge in [-0.15, -0.1) is 0 Å². The van der Waals surface area contributed by atoms with Gasteiger partial charge >= 0.3 is 0 Å². The van der Waals surface area contributed by atoms with Gasteiger partial charge in [0, 0.05) is 18.2 Å². The molecule has 0 spiro atoms. The molecule has 0 aliphatic heterocycles. The quantitative estimate of drug-likeness (QED) is 0.397. The molecule has 5 heteroatoms. The van der Waals surface area contributed by atoms with E-state index in [2.05, 4.69) is 47.6 Å². The molecule has 164 valence electrons. The molecule has 3 rings (SSSR count). The van der Waals surface area contributed by atoms with E-state index in [9.17, 15) is 4.39 Å². The Bertz CT molecular complexity index is 833. The van der Waals surface area contributed by atoms with E-state index in [1.165, 1.54) is 6.07 Å². The lowest BCUT2D eigenvalue weighted by Gasteiger charge is -2.44. The third-order valence-corrected chi connectivity index (χ3v) is 13.1. The second kappa shape index (κ2) is 9.29. The first-order valence-corrected chi connectivity index (χ1v) is 13.5. The predicted octanol–water partition coefficient (Wildman–Crippen LogP) is 7.03.